The van der Waals surface area contributed by atoms with Gasteiger partial charge in [-0.15, -0.1) is 0 Å². The highest BCUT2D eigenvalue weighted by atomic mass is 16.5. The van der Waals surface area contributed by atoms with E-state index >= 15 is 0 Å². The lowest BCUT2D eigenvalue weighted by Gasteiger charge is -2.20. The van der Waals surface area contributed by atoms with Crippen molar-refractivity contribution in [3.8, 4) is 17.2 Å². The Bertz CT molecular complexity index is 1020. The number of phenols is 1. The van der Waals surface area contributed by atoms with Crippen LogP contribution < -0.4 is 15.0 Å². The predicted molar refractivity (Wildman–Crippen MR) is 121 cm³/mol. The number of fused-ring (bicyclic) bond motifs is 1. The molecule has 1 heterocycles. The van der Waals surface area contributed by atoms with Crippen LogP contribution in [0.15, 0.2) is 53.3 Å². The van der Waals surface area contributed by atoms with Gasteiger partial charge in [-0.1, -0.05) is 56.5 Å². The Kier molecular flexibility index (Phi) is 7.39. The first kappa shape index (κ1) is 21.8. The van der Waals surface area contributed by atoms with Gasteiger partial charge in [-0.3, -0.25) is 4.79 Å². The summed E-state index contributed by atoms with van der Waals surface area (Å²) in [5.41, 5.74) is 1.45. The molecular formula is C25H31NO4. The summed E-state index contributed by atoms with van der Waals surface area (Å²) in [6.07, 6.45) is 4.04. The SMILES string of the molecule is CCCCCCn1c(=O)c(OC(C)C)c(OCc2ccccc2)c2ccc(O)cc21. The Balaban J connectivity index is 2.09. The second-order valence-corrected chi connectivity index (χ2v) is 7.82. The average molecular weight is 410 g/mol. The number of pyridine rings is 1. The molecule has 3 rings (SSSR count). The Hall–Kier alpha value is -2.95. The second kappa shape index (κ2) is 10.2. The zero-order valence-electron chi connectivity index (χ0n) is 18.1. The first-order chi connectivity index (χ1) is 14.5. The van der Waals surface area contributed by atoms with E-state index in [1.165, 1.54) is 0 Å². The van der Waals surface area contributed by atoms with Crippen molar-refractivity contribution in [3.05, 3.63) is 64.4 Å². The van der Waals surface area contributed by atoms with E-state index in [9.17, 15) is 9.90 Å². The molecule has 5 nitrogen and oxygen atoms in total. The summed E-state index contributed by atoms with van der Waals surface area (Å²) in [4.78, 5) is 13.4. The number of nitrogens with zero attached hydrogens (tertiary/aromatic N) is 1. The molecule has 3 aromatic rings. The Labute approximate surface area is 177 Å². The Morgan fingerprint density at radius 1 is 1.00 bits per heavy atom. The van der Waals surface area contributed by atoms with E-state index in [0.717, 1.165) is 36.6 Å². The molecule has 1 aromatic heterocycles. The predicted octanol–water partition coefficient (Wildman–Crippen LogP) is 5.65. The molecule has 0 atom stereocenters. The van der Waals surface area contributed by atoms with Crippen molar-refractivity contribution in [2.45, 2.75) is 65.7 Å². The second-order valence-electron chi connectivity index (χ2n) is 7.82. The van der Waals surface area contributed by atoms with E-state index in [4.69, 9.17) is 9.47 Å². The van der Waals surface area contributed by atoms with Gasteiger partial charge < -0.3 is 19.1 Å². The Morgan fingerprint density at radius 3 is 2.47 bits per heavy atom. The minimum absolute atomic E-state index is 0.121. The molecule has 0 aliphatic carbocycles. The van der Waals surface area contributed by atoms with Gasteiger partial charge in [-0.05, 0) is 38.0 Å². The minimum Gasteiger partial charge on any atom is -0.508 e. The molecule has 0 saturated heterocycles. The van der Waals surface area contributed by atoms with Crippen LogP contribution in [0.5, 0.6) is 17.2 Å². The third-order valence-corrected chi connectivity index (χ3v) is 4.98. The van der Waals surface area contributed by atoms with Gasteiger partial charge >= 0.3 is 0 Å². The van der Waals surface area contributed by atoms with Gasteiger partial charge in [0, 0.05) is 18.0 Å². The summed E-state index contributed by atoms with van der Waals surface area (Å²) in [7, 11) is 0. The number of phenolic OH excluding ortho intramolecular Hbond substituents is 1. The fourth-order valence-electron chi connectivity index (χ4n) is 3.52. The number of rotatable bonds is 10. The van der Waals surface area contributed by atoms with Crippen LogP contribution >= 0.6 is 0 Å². The van der Waals surface area contributed by atoms with Gasteiger partial charge in [0.15, 0.2) is 5.75 Å². The number of aromatic nitrogens is 1. The maximum absolute atomic E-state index is 13.4. The van der Waals surface area contributed by atoms with Crippen LogP contribution in [0.2, 0.25) is 0 Å². The smallest absolute Gasteiger partial charge is 0.297 e. The van der Waals surface area contributed by atoms with Gasteiger partial charge in [0.2, 0.25) is 5.75 Å². The highest BCUT2D eigenvalue weighted by Gasteiger charge is 2.21. The lowest BCUT2D eigenvalue weighted by molar-refractivity contribution is 0.215. The van der Waals surface area contributed by atoms with Crippen molar-refractivity contribution in [1.29, 1.82) is 0 Å². The summed E-state index contributed by atoms with van der Waals surface area (Å²) >= 11 is 0. The van der Waals surface area contributed by atoms with E-state index in [0.29, 0.717) is 24.4 Å². The van der Waals surface area contributed by atoms with Crippen molar-refractivity contribution < 1.29 is 14.6 Å². The third kappa shape index (κ3) is 5.15. The molecule has 30 heavy (non-hydrogen) atoms. The topological polar surface area (TPSA) is 60.7 Å². The van der Waals surface area contributed by atoms with Crippen LogP contribution in [0.25, 0.3) is 10.9 Å². The number of ether oxygens (including phenoxy) is 2. The van der Waals surface area contributed by atoms with E-state index in [1.807, 2.05) is 44.2 Å². The molecular weight excluding hydrogens is 378 g/mol. The fraction of sp³-hybridized carbons (Fsp3) is 0.400. The summed E-state index contributed by atoms with van der Waals surface area (Å²) in [6, 6.07) is 14.9. The normalized spacial score (nSPS) is 11.2. The summed E-state index contributed by atoms with van der Waals surface area (Å²) in [5, 5.41) is 10.8. The van der Waals surface area contributed by atoms with Crippen LogP contribution in [0.1, 0.15) is 52.0 Å². The zero-order valence-corrected chi connectivity index (χ0v) is 18.1. The molecule has 0 spiro atoms. The van der Waals surface area contributed by atoms with E-state index in [2.05, 4.69) is 6.92 Å². The van der Waals surface area contributed by atoms with Crippen LogP contribution in [0, 0.1) is 0 Å². The van der Waals surface area contributed by atoms with Crippen LogP contribution in [0.4, 0.5) is 0 Å². The standard InChI is InChI=1S/C25H31NO4/c1-4-5-6-10-15-26-22-16-20(27)13-14-21(22)23(24(25(26)28)30-18(2)3)29-17-19-11-8-7-9-12-19/h7-9,11-14,16,18,27H,4-6,10,15,17H2,1-3H3. The summed E-state index contributed by atoms with van der Waals surface area (Å²) in [5.74, 6) is 0.780. The number of hydrogen-bond acceptors (Lipinski definition) is 4. The van der Waals surface area contributed by atoms with Crippen molar-refractivity contribution in [2.75, 3.05) is 0 Å². The molecule has 0 radical (unpaired) electrons. The summed E-state index contributed by atoms with van der Waals surface area (Å²) in [6.45, 7) is 6.85. The average Bonchev–Trinajstić information content (AvgIpc) is 2.73. The molecule has 0 bridgehead atoms. The lowest BCUT2D eigenvalue weighted by Crippen LogP contribution is -2.25. The summed E-state index contributed by atoms with van der Waals surface area (Å²) < 4.78 is 13.8. The minimum atomic E-state index is -0.221. The first-order valence-electron chi connectivity index (χ1n) is 10.7. The molecule has 5 heteroatoms. The van der Waals surface area contributed by atoms with Crippen molar-refractivity contribution in [3.63, 3.8) is 0 Å². The molecule has 0 aliphatic rings. The van der Waals surface area contributed by atoms with Crippen molar-refractivity contribution in [2.24, 2.45) is 0 Å². The number of benzene rings is 2. The number of hydrogen-bond donors (Lipinski definition) is 1. The number of unbranched alkanes of at least 4 members (excludes halogenated alkanes) is 3. The first-order valence-corrected chi connectivity index (χ1v) is 10.7. The monoisotopic (exact) mass is 409 g/mol. The molecule has 2 aromatic carbocycles. The highest BCUT2D eigenvalue weighted by molar-refractivity contribution is 5.89. The Morgan fingerprint density at radius 2 is 1.77 bits per heavy atom. The molecule has 0 unspecified atom stereocenters. The van der Waals surface area contributed by atoms with Crippen LogP contribution in [0.3, 0.4) is 0 Å². The molecule has 160 valence electrons. The van der Waals surface area contributed by atoms with Gasteiger partial charge in [-0.2, -0.15) is 0 Å². The molecule has 0 amide bonds. The maximum atomic E-state index is 13.4. The molecule has 0 saturated carbocycles. The van der Waals surface area contributed by atoms with Crippen molar-refractivity contribution >= 4 is 10.9 Å². The lowest BCUT2D eigenvalue weighted by atomic mass is 10.1. The zero-order chi connectivity index (χ0) is 21.5. The molecule has 0 aliphatic heterocycles. The quantitative estimate of drug-likeness (QED) is 0.439. The van der Waals surface area contributed by atoms with Gasteiger partial charge in [0.25, 0.3) is 5.56 Å². The van der Waals surface area contributed by atoms with Gasteiger partial charge in [0.05, 0.1) is 11.6 Å². The third-order valence-electron chi connectivity index (χ3n) is 4.98. The van der Waals surface area contributed by atoms with E-state index < -0.39 is 0 Å². The number of aryl methyl sites for hydroxylation is 1. The molecule has 1 N–H and O–H groups in total. The largest absolute Gasteiger partial charge is 0.508 e. The van der Waals surface area contributed by atoms with Crippen LogP contribution in [-0.4, -0.2) is 15.8 Å². The molecule has 0 fully saturated rings. The van der Waals surface area contributed by atoms with Gasteiger partial charge in [0.1, 0.15) is 12.4 Å². The van der Waals surface area contributed by atoms with Crippen LogP contribution in [-0.2, 0) is 13.2 Å². The fourth-order valence-corrected chi connectivity index (χ4v) is 3.52. The van der Waals surface area contributed by atoms with Crippen molar-refractivity contribution in [1.82, 2.24) is 4.57 Å². The van der Waals surface area contributed by atoms with Gasteiger partial charge in [-0.25, -0.2) is 0 Å². The highest BCUT2D eigenvalue weighted by Crippen LogP contribution is 2.35. The van der Waals surface area contributed by atoms with E-state index in [-0.39, 0.29) is 23.2 Å². The number of aromatic hydroxyl groups is 1. The maximum Gasteiger partial charge on any atom is 0.297 e. The van der Waals surface area contributed by atoms with E-state index in [1.54, 1.807) is 22.8 Å².